The molecule has 4 aromatic rings. The maximum absolute atomic E-state index is 14.3. The summed E-state index contributed by atoms with van der Waals surface area (Å²) >= 11 is 0. The molecule has 0 unspecified atom stereocenters. The van der Waals surface area contributed by atoms with E-state index < -0.39 is 11.7 Å². The SMILES string of the molecule is COc1ccc2c(Oc3cc(F)cc(C(=O)NCc4ccccc4OC)c3)ccnc2c1. The van der Waals surface area contributed by atoms with Gasteiger partial charge in [0, 0.05) is 41.4 Å². The molecule has 0 saturated carbocycles. The number of amides is 1. The predicted molar refractivity (Wildman–Crippen MR) is 119 cm³/mol. The topological polar surface area (TPSA) is 69.7 Å². The van der Waals surface area contributed by atoms with E-state index in [1.54, 1.807) is 38.6 Å². The fourth-order valence-electron chi connectivity index (χ4n) is 3.32. The molecule has 32 heavy (non-hydrogen) atoms. The number of aromatic nitrogens is 1. The molecule has 0 radical (unpaired) electrons. The third-order valence-corrected chi connectivity index (χ3v) is 4.90. The minimum atomic E-state index is -0.579. The Morgan fingerprint density at radius 3 is 2.59 bits per heavy atom. The number of carbonyl (C=O) groups is 1. The molecule has 4 rings (SSSR count). The number of hydrogen-bond acceptors (Lipinski definition) is 5. The van der Waals surface area contributed by atoms with E-state index in [9.17, 15) is 9.18 Å². The molecule has 7 heteroatoms. The Morgan fingerprint density at radius 1 is 0.938 bits per heavy atom. The first kappa shape index (κ1) is 21.1. The van der Waals surface area contributed by atoms with Crippen LogP contribution in [0.5, 0.6) is 23.0 Å². The fraction of sp³-hybridized carbons (Fsp3) is 0.120. The molecule has 1 heterocycles. The Labute approximate surface area is 184 Å². The molecule has 0 atom stereocenters. The average Bonchev–Trinajstić information content (AvgIpc) is 2.82. The highest BCUT2D eigenvalue weighted by Gasteiger charge is 2.13. The van der Waals surface area contributed by atoms with Crippen LogP contribution < -0.4 is 19.5 Å². The highest BCUT2D eigenvalue weighted by Crippen LogP contribution is 2.31. The first-order chi connectivity index (χ1) is 15.6. The van der Waals surface area contributed by atoms with Gasteiger partial charge in [-0.25, -0.2) is 4.39 Å². The standard InChI is InChI=1S/C25H21FN2O4/c1-30-19-7-8-21-22(14-19)27-10-9-24(21)32-20-12-17(11-18(26)13-20)25(29)28-15-16-5-3-4-6-23(16)31-2/h3-14H,15H2,1-2H3,(H,28,29). The summed E-state index contributed by atoms with van der Waals surface area (Å²) in [6.07, 6.45) is 1.59. The Bertz CT molecular complexity index is 1280. The zero-order chi connectivity index (χ0) is 22.5. The molecule has 0 fully saturated rings. The molecule has 3 aromatic carbocycles. The van der Waals surface area contributed by atoms with E-state index in [0.717, 1.165) is 10.9 Å². The van der Waals surface area contributed by atoms with Gasteiger partial charge in [-0.15, -0.1) is 0 Å². The van der Waals surface area contributed by atoms with E-state index in [4.69, 9.17) is 14.2 Å². The van der Waals surface area contributed by atoms with Gasteiger partial charge >= 0.3 is 0 Å². The van der Waals surface area contributed by atoms with Crippen LogP contribution in [0.1, 0.15) is 15.9 Å². The molecule has 0 aliphatic heterocycles. The highest BCUT2D eigenvalue weighted by atomic mass is 19.1. The number of halogens is 1. The molecule has 0 bridgehead atoms. The van der Waals surface area contributed by atoms with Crippen molar-refractivity contribution in [3.05, 3.63) is 89.9 Å². The maximum atomic E-state index is 14.3. The van der Waals surface area contributed by atoms with E-state index in [-0.39, 0.29) is 17.9 Å². The summed E-state index contributed by atoms with van der Waals surface area (Å²) in [6, 6.07) is 18.3. The van der Waals surface area contributed by atoms with Crippen LogP contribution in [0, 0.1) is 5.82 Å². The van der Waals surface area contributed by atoms with Crippen LogP contribution in [0.4, 0.5) is 4.39 Å². The molecule has 1 amide bonds. The van der Waals surface area contributed by atoms with Crippen LogP contribution in [0.2, 0.25) is 0 Å². The quantitative estimate of drug-likeness (QED) is 0.439. The van der Waals surface area contributed by atoms with Gasteiger partial charge in [0.2, 0.25) is 0 Å². The van der Waals surface area contributed by atoms with E-state index in [1.807, 2.05) is 30.3 Å². The lowest BCUT2D eigenvalue weighted by atomic mass is 10.1. The zero-order valence-electron chi connectivity index (χ0n) is 17.6. The van der Waals surface area contributed by atoms with Gasteiger partial charge in [0.25, 0.3) is 5.91 Å². The summed E-state index contributed by atoms with van der Waals surface area (Å²) in [5.74, 6) is 1.02. The summed E-state index contributed by atoms with van der Waals surface area (Å²) in [6.45, 7) is 0.242. The Morgan fingerprint density at radius 2 is 1.78 bits per heavy atom. The molecule has 0 spiro atoms. The van der Waals surface area contributed by atoms with E-state index >= 15 is 0 Å². The largest absolute Gasteiger partial charge is 0.497 e. The third kappa shape index (κ3) is 4.62. The van der Waals surface area contributed by atoms with E-state index in [1.165, 1.54) is 18.2 Å². The summed E-state index contributed by atoms with van der Waals surface area (Å²) < 4.78 is 30.7. The van der Waals surface area contributed by atoms with Gasteiger partial charge in [0.1, 0.15) is 28.8 Å². The molecule has 0 saturated heterocycles. The lowest BCUT2D eigenvalue weighted by Crippen LogP contribution is -2.23. The van der Waals surface area contributed by atoms with Crippen LogP contribution in [0.3, 0.4) is 0 Å². The number of para-hydroxylation sites is 1. The number of carbonyl (C=O) groups excluding carboxylic acids is 1. The number of ether oxygens (including phenoxy) is 3. The van der Waals surface area contributed by atoms with Gasteiger partial charge in [0.15, 0.2) is 0 Å². The number of nitrogens with zero attached hydrogens (tertiary/aromatic N) is 1. The van der Waals surface area contributed by atoms with Crippen molar-refractivity contribution in [1.29, 1.82) is 0 Å². The number of pyridine rings is 1. The number of fused-ring (bicyclic) bond motifs is 1. The van der Waals surface area contributed by atoms with Gasteiger partial charge < -0.3 is 19.5 Å². The highest BCUT2D eigenvalue weighted by molar-refractivity contribution is 5.94. The molecule has 6 nitrogen and oxygen atoms in total. The summed E-state index contributed by atoms with van der Waals surface area (Å²) in [4.78, 5) is 17.0. The molecule has 1 N–H and O–H groups in total. The van der Waals surface area contributed by atoms with Crippen molar-refractivity contribution in [2.45, 2.75) is 6.54 Å². The molecule has 1 aromatic heterocycles. The second kappa shape index (κ2) is 9.34. The van der Waals surface area contributed by atoms with Crippen LogP contribution in [-0.4, -0.2) is 25.1 Å². The van der Waals surface area contributed by atoms with Crippen LogP contribution >= 0.6 is 0 Å². The third-order valence-electron chi connectivity index (χ3n) is 4.90. The lowest BCUT2D eigenvalue weighted by Gasteiger charge is -2.12. The molecule has 0 aliphatic rings. The van der Waals surface area contributed by atoms with Crippen LogP contribution in [0.15, 0.2) is 72.9 Å². The predicted octanol–water partition coefficient (Wildman–Crippen LogP) is 5.11. The zero-order valence-corrected chi connectivity index (χ0v) is 17.6. The van der Waals surface area contributed by atoms with Crippen molar-refractivity contribution < 1.29 is 23.4 Å². The second-order valence-electron chi connectivity index (χ2n) is 6.96. The molecule has 0 aliphatic carbocycles. The first-order valence-corrected chi connectivity index (χ1v) is 9.88. The van der Waals surface area contributed by atoms with Crippen molar-refractivity contribution in [3.8, 4) is 23.0 Å². The van der Waals surface area contributed by atoms with Crippen molar-refractivity contribution in [3.63, 3.8) is 0 Å². The summed E-state index contributed by atoms with van der Waals surface area (Å²) in [5.41, 5.74) is 1.64. The number of methoxy groups -OCH3 is 2. The summed E-state index contributed by atoms with van der Waals surface area (Å²) in [7, 11) is 3.14. The van der Waals surface area contributed by atoms with Gasteiger partial charge in [-0.05, 0) is 36.4 Å². The first-order valence-electron chi connectivity index (χ1n) is 9.88. The van der Waals surface area contributed by atoms with Gasteiger partial charge in [-0.3, -0.25) is 9.78 Å². The number of rotatable bonds is 7. The molecule has 162 valence electrons. The molecular formula is C25H21FN2O4. The fourth-order valence-corrected chi connectivity index (χ4v) is 3.32. The Balaban J connectivity index is 1.55. The van der Waals surface area contributed by atoms with Crippen LogP contribution in [0.25, 0.3) is 10.9 Å². The summed E-state index contributed by atoms with van der Waals surface area (Å²) in [5, 5.41) is 3.52. The van der Waals surface area contributed by atoms with Gasteiger partial charge in [0.05, 0.1) is 19.7 Å². The number of hydrogen-bond donors (Lipinski definition) is 1. The maximum Gasteiger partial charge on any atom is 0.251 e. The van der Waals surface area contributed by atoms with Crippen molar-refractivity contribution in [1.82, 2.24) is 10.3 Å². The monoisotopic (exact) mass is 432 g/mol. The Kier molecular flexibility index (Phi) is 6.17. The lowest BCUT2D eigenvalue weighted by molar-refractivity contribution is 0.0950. The van der Waals surface area contributed by atoms with Crippen molar-refractivity contribution in [2.75, 3.05) is 14.2 Å². The van der Waals surface area contributed by atoms with Gasteiger partial charge in [-0.1, -0.05) is 18.2 Å². The van der Waals surface area contributed by atoms with Gasteiger partial charge in [-0.2, -0.15) is 0 Å². The minimum absolute atomic E-state index is 0.148. The normalized spacial score (nSPS) is 10.6. The molecular weight excluding hydrogens is 411 g/mol. The van der Waals surface area contributed by atoms with E-state index in [2.05, 4.69) is 10.3 Å². The van der Waals surface area contributed by atoms with Crippen LogP contribution in [-0.2, 0) is 6.54 Å². The van der Waals surface area contributed by atoms with Crippen molar-refractivity contribution >= 4 is 16.8 Å². The second-order valence-corrected chi connectivity index (χ2v) is 6.96. The van der Waals surface area contributed by atoms with E-state index in [0.29, 0.717) is 22.8 Å². The number of benzene rings is 3. The number of nitrogens with one attached hydrogen (secondary N) is 1. The van der Waals surface area contributed by atoms with Crippen molar-refractivity contribution in [2.24, 2.45) is 0 Å². The Hall–Kier alpha value is -4.13. The minimum Gasteiger partial charge on any atom is -0.497 e. The average molecular weight is 432 g/mol. The smallest absolute Gasteiger partial charge is 0.251 e.